The Morgan fingerprint density at radius 3 is 2.82 bits per heavy atom. The Hall–Kier alpha value is -1.09. The van der Waals surface area contributed by atoms with Gasteiger partial charge in [-0.1, -0.05) is 13.8 Å². The molecule has 3 nitrogen and oxygen atoms in total. The lowest BCUT2D eigenvalue weighted by atomic mass is 10.1. The fraction of sp³-hybridized carbons (Fsp3) is 0.643. The second kappa shape index (κ2) is 5.50. The van der Waals surface area contributed by atoms with E-state index < -0.39 is 0 Å². The molecule has 0 spiro atoms. The highest BCUT2D eigenvalue weighted by Gasteiger charge is 2.30. The first-order valence-corrected chi connectivity index (χ1v) is 6.62. The first kappa shape index (κ1) is 12.4. The molecule has 1 fully saturated rings. The van der Waals surface area contributed by atoms with Gasteiger partial charge < -0.3 is 10.6 Å². The number of anilines is 1. The molecule has 0 unspecified atom stereocenters. The molecule has 1 heterocycles. The van der Waals surface area contributed by atoms with Crippen LogP contribution in [0.3, 0.4) is 0 Å². The molecule has 0 aromatic carbocycles. The Morgan fingerprint density at radius 2 is 2.24 bits per heavy atom. The molecular weight excluding hydrogens is 210 g/mol. The van der Waals surface area contributed by atoms with Crippen molar-refractivity contribution in [2.45, 2.75) is 45.7 Å². The van der Waals surface area contributed by atoms with Gasteiger partial charge in [0.1, 0.15) is 0 Å². The number of aromatic nitrogens is 1. The average Bonchev–Trinajstić information content (AvgIpc) is 3.14. The zero-order chi connectivity index (χ0) is 12.3. The predicted octanol–water partition coefficient (Wildman–Crippen LogP) is 2.56. The number of nitrogens with two attached hydrogens (primary N) is 1. The minimum Gasteiger partial charge on any atom is -0.368 e. The first-order valence-electron chi connectivity index (χ1n) is 6.62. The van der Waals surface area contributed by atoms with Crippen LogP contribution in [-0.2, 0) is 6.54 Å². The Balaban J connectivity index is 2.14. The van der Waals surface area contributed by atoms with Crippen molar-refractivity contribution in [3.8, 4) is 0 Å². The molecule has 1 aliphatic carbocycles. The fourth-order valence-electron chi connectivity index (χ4n) is 2.14. The van der Waals surface area contributed by atoms with Crippen molar-refractivity contribution >= 4 is 5.69 Å². The molecule has 3 heteroatoms. The molecule has 0 bridgehead atoms. The molecule has 1 saturated carbocycles. The quantitative estimate of drug-likeness (QED) is 0.821. The molecule has 94 valence electrons. The zero-order valence-electron chi connectivity index (χ0n) is 10.9. The maximum atomic E-state index is 5.80. The maximum absolute atomic E-state index is 5.80. The number of rotatable bonds is 6. The summed E-state index contributed by atoms with van der Waals surface area (Å²) < 4.78 is 0. The summed E-state index contributed by atoms with van der Waals surface area (Å²) in [5.41, 5.74) is 8.26. The molecule has 0 atom stereocenters. The summed E-state index contributed by atoms with van der Waals surface area (Å²) in [4.78, 5) is 6.70. The Morgan fingerprint density at radius 1 is 1.47 bits per heavy atom. The van der Waals surface area contributed by atoms with Gasteiger partial charge in [0.2, 0.25) is 0 Å². The molecular formula is C14H23N3. The maximum Gasteiger partial charge on any atom is 0.0445 e. The molecule has 0 saturated heterocycles. The molecule has 0 radical (unpaired) electrons. The van der Waals surface area contributed by atoms with E-state index in [9.17, 15) is 0 Å². The Kier molecular flexibility index (Phi) is 4.00. The van der Waals surface area contributed by atoms with E-state index in [-0.39, 0.29) is 0 Å². The van der Waals surface area contributed by atoms with Gasteiger partial charge in [0.15, 0.2) is 0 Å². The lowest BCUT2D eigenvalue weighted by molar-refractivity contribution is 0.570. The van der Waals surface area contributed by atoms with E-state index in [1.54, 1.807) is 0 Å². The highest BCUT2D eigenvalue weighted by molar-refractivity contribution is 5.54. The van der Waals surface area contributed by atoms with Gasteiger partial charge in [-0.25, -0.2) is 0 Å². The van der Waals surface area contributed by atoms with Crippen LogP contribution in [0.1, 0.15) is 38.7 Å². The first-order chi connectivity index (χ1) is 8.22. The van der Waals surface area contributed by atoms with Crippen LogP contribution >= 0.6 is 0 Å². The number of hydrogen-bond acceptors (Lipinski definition) is 3. The molecule has 1 aromatic rings. The third-order valence-corrected chi connectivity index (χ3v) is 3.34. The molecule has 17 heavy (non-hydrogen) atoms. The van der Waals surface area contributed by atoms with Crippen molar-refractivity contribution in [2.24, 2.45) is 11.7 Å². The van der Waals surface area contributed by atoms with Crippen LogP contribution in [0.25, 0.3) is 0 Å². The van der Waals surface area contributed by atoms with E-state index in [2.05, 4.69) is 29.8 Å². The molecule has 0 amide bonds. The molecule has 2 rings (SSSR count). The zero-order valence-corrected chi connectivity index (χ0v) is 10.9. The van der Waals surface area contributed by atoms with Crippen LogP contribution in [-0.4, -0.2) is 17.6 Å². The topological polar surface area (TPSA) is 42.2 Å². The van der Waals surface area contributed by atoms with Crippen LogP contribution in [0.2, 0.25) is 0 Å². The molecule has 1 aromatic heterocycles. The van der Waals surface area contributed by atoms with E-state index in [0.29, 0.717) is 6.54 Å². The fourth-order valence-corrected chi connectivity index (χ4v) is 2.14. The van der Waals surface area contributed by atoms with Gasteiger partial charge in [0.05, 0.1) is 0 Å². The standard InChI is InChI=1S/C14H23N3/c1-11(2)6-8-17(13-3-4-13)14-5-7-16-10-12(14)9-15/h5,7,10-11,13H,3-4,6,8-9,15H2,1-2H3. The van der Waals surface area contributed by atoms with Crippen molar-refractivity contribution in [3.63, 3.8) is 0 Å². The summed E-state index contributed by atoms with van der Waals surface area (Å²) >= 11 is 0. The van der Waals surface area contributed by atoms with Crippen molar-refractivity contribution in [1.82, 2.24) is 4.98 Å². The highest BCUT2D eigenvalue weighted by atomic mass is 15.2. The van der Waals surface area contributed by atoms with Crippen molar-refractivity contribution < 1.29 is 0 Å². The number of hydrogen-bond donors (Lipinski definition) is 1. The average molecular weight is 233 g/mol. The van der Waals surface area contributed by atoms with Crippen molar-refractivity contribution in [2.75, 3.05) is 11.4 Å². The van der Waals surface area contributed by atoms with Crippen molar-refractivity contribution in [1.29, 1.82) is 0 Å². The van der Waals surface area contributed by atoms with Gasteiger partial charge in [-0.3, -0.25) is 4.98 Å². The summed E-state index contributed by atoms with van der Waals surface area (Å²) in [6, 6.07) is 2.85. The van der Waals surface area contributed by atoms with Crippen LogP contribution in [0.4, 0.5) is 5.69 Å². The minimum absolute atomic E-state index is 0.577. The molecule has 2 N–H and O–H groups in total. The van der Waals surface area contributed by atoms with Crippen LogP contribution < -0.4 is 10.6 Å². The molecule has 0 aliphatic heterocycles. The van der Waals surface area contributed by atoms with Crippen LogP contribution in [0.5, 0.6) is 0 Å². The van der Waals surface area contributed by atoms with Gasteiger partial charge >= 0.3 is 0 Å². The minimum atomic E-state index is 0.577. The van der Waals surface area contributed by atoms with E-state index in [1.165, 1.54) is 30.5 Å². The summed E-state index contributed by atoms with van der Waals surface area (Å²) in [6.07, 6.45) is 7.66. The number of pyridine rings is 1. The van der Waals surface area contributed by atoms with Gasteiger partial charge in [0, 0.05) is 42.8 Å². The van der Waals surface area contributed by atoms with Crippen molar-refractivity contribution in [3.05, 3.63) is 24.0 Å². The smallest absolute Gasteiger partial charge is 0.0445 e. The third kappa shape index (κ3) is 3.19. The lowest BCUT2D eigenvalue weighted by Crippen LogP contribution is -2.29. The molecule has 1 aliphatic rings. The summed E-state index contributed by atoms with van der Waals surface area (Å²) in [5, 5.41) is 0. The second-order valence-corrected chi connectivity index (χ2v) is 5.32. The second-order valence-electron chi connectivity index (χ2n) is 5.32. The normalized spacial score (nSPS) is 15.3. The van der Waals surface area contributed by atoms with Gasteiger partial charge in [0.25, 0.3) is 0 Å². The SMILES string of the molecule is CC(C)CCN(c1ccncc1CN)C1CC1. The highest BCUT2D eigenvalue weighted by Crippen LogP contribution is 2.33. The summed E-state index contributed by atoms with van der Waals surface area (Å²) in [5.74, 6) is 0.749. The largest absolute Gasteiger partial charge is 0.368 e. The van der Waals surface area contributed by atoms with E-state index in [1.807, 2.05) is 12.4 Å². The van der Waals surface area contributed by atoms with Gasteiger partial charge in [-0.15, -0.1) is 0 Å². The van der Waals surface area contributed by atoms with E-state index >= 15 is 0 Å². The third-order valence-electron chi connectivity index (χ3n) is 3.34. The number of nitrogens with zero attached hydrogens (tertiary/aromatic N) is 2. The van der Waals surface area contributed by atoms with Gasteiger partial charge in [-0.2, -0.15) is 0 Å². The lowest BCUT2D eigenvalue weighted by Gasteiger charge is -2.27. The van der Waals surface area contributed by atoms with E-state index in [4.69, 9.17) is 5.73 Å². The monoisotopic (exact) mass is 233 g/mol. The summed E-state index contributed by atoms with van der Waals surface area (Å²) in [6.45, 7) is 6.27. The van der Waals surface area contributed by atoms with Crippen LogP contribution in [0, 0.1) is 5.92 Å². The Labute approximate surface area is 104 Å². The summed E-state index contributed by atoms with van der Waals surface area (Å²) in [7, 11) is 0. The van der Waals surface area contributed by atoms with Crippen LogP contribution in [0.15, 0.2) is 18.5 Å². The van der Waals surface area contributed by atoms with E-state index in [0.717, 1.165) is 18.5 Å². The predicted molar refractivity (Wildman–Crippen MR) is 72.0 cm³/mol. The Bertz CT molecular complexity index is 358. The van der Waals surface area contributed by atoms with Gasteiger partial charge in [-0.05, 0) is 31.2 Å².